The highest BCUT2D eigenvalue weighted by Gasteiger charge is 2.70. The Morgan fingerprint density at radius 3 is 2.31 bits per heavy atom. The number of allylic oxidation sites excluding steroid dienone is 2. The maximum Gasteiger partial charge on any atom is 0.136 e. The van der Waals surface area contributed by atoms with E-state index in [1.807, 2.05) is 13.8 Å². The molecule has 5 aliphatic rings. The molecule has 0 saturated heterocycles. The molecule has 3 N–H and O–H groups in total. The number of carbonyl (C=O) groups is 1. The fourth-order valence-corrected chi connectivity index (χ4v) is 11.2. The number of carbonyl (C=O) groups excluding carboxylic acids is 1. The van der Waals surface area contributed by atoms with Gasteiger partial charge in [-0.05, 0) is 104 Å². The third-order valence-electron chi connectivity index (χ3n) is 13.8. The van der Waals surface area contributed by atoms with Crippen LogP contribution in [0.25, 0.3) is 0 Å². The highest BCUT2D eigenvalue weighted by molar-refractivity contribution is 5.84. The van der Waals surface area contributed by atoms with Crippen LogP contribution >= 0.6 is 0 Å². The molecule has 4 heteroatoms. The standard InChI is InChI=1S/C31H50O4/c1-18-10-13-31(20(3)33)15-14-29(6)21(25(31)19(18)2)8-9-24-27(4)16-22(34)26(35)28(5,17-32)23(27)11-12-30(24,29)7/h8,18-19,22-26,32,34-35H,9-17H2,1-7H3/t18-,19+,22-,23-,24?,25+,26+,27+,28+,29-,30-,31-/m1/s1. The predicted octanol–water partition coefficient (Wildman–Crippen LogP) is 5.54. The zero-order chi connectivity index (χ0) is 25.8. The van der Waals surface area contributed by atoms with Crippen LogP contribution in [-0.2, 0) is 4.79 Å². The molecule has 12 atom stereocenters. The predicted molar refractivity (Wildman–Crippen MR) is 138 cm³/mol. The summed E-state index contributed by atoms with van der Waals surface area (Å²) in [5, 5.41) is 32.4. The Balaban J connectivity index is 1.62. The smallest absolute Gasteiger partial charge is 0.136 e. The summed E-state index contributed by atoms with van der Waals surface area (Å²) in [6.07, 6.45) is 8.74. The van der Waals surface area contributed by atoms with Crippen molar-refractivity contribution >= 4 is 5.78 Å². The van der Waals surface area contributed by atoms with Gasteiger partial charge in [-0.1, -0.05) is 53.2 Å². The fraction of sp³-hybridized carbons (Fsp3) is 0.903. The first-order chi connectivity index (χ1) is 16.2. The van der Waals surface area contributed by atoms with E-state index in [1.165, 1.54) is 0 Å². The number of hydrogen-bond acceptors (Lipinski definition) is 4. The van der Waals surface area contributed by atoms with Crippen molar-refractivity contribution in [2.45, 2.75) is 112 Å². The molecule has 0 aromatic heterocycles. The third kappa shape index (κ3) is 3.00. The number of ketones is 1. The topological polar surface area (TPSA) is 77.8 Å². The van der Waals surface area contributed by atoms with Crippen molar-refractivity contribution in [2.75, 3.05) is 6.61 Å². The molecule has 4 saturated carbocycles. The molecular formula is C31H50O4. The van der Waals surface area contributed by atoms with E-state index in [4.69, 9.17) is 0 Å². The molecule has 0 radical (unpaired) electrons. The second-order valence-corrected chi connectivity index (χ2v) is 14.7. The van der Waals surface area contributed by atoms with Crippen molar-refractivity contribution in [1.29, 1.82) is 0 Å². The second-order valence-electron chi connectivity index (χ2n) is 14.7. The van der Waals surface area contributed by atoms with Gasteiger partial charge in [0.1, 0.15) is 5.78 Å². The summed E-state index contributed by atoms with van der Waals surface area (Å²) in [5.41, 5.74) is 0.666. The Morgan fingerprint density at radius 2 is 1.69 bits per heavy atom. The molecule has 35 heavy (non-hydrogen) atoms. The van der Waals surface area contributed by atoms with Crippen molar-refractivity contribution < 1.29 is 20.1 Å². The SMILES string of the molecule is CC(=O)[C@]12CC[C@@H](C)[C@H](C)[C@H]1C1=CCC3[C@@]4(C)C[C@@H](O)[C@H](O)[C@@](C)(CO)[C@@H]4CC[C@@]3(C)[C@]1(C)CC2. The highest BCUT2D eigenvalue weighted by Crippen LogP contribution is 2.75. The van der Waals surface area contributed by atoms with Crippen LogP contribution in [-0.4, -0.2) is 39.9 Å². The summed E-state index contributed by atoms with van der Waals surface area (Å²) in [6.45, 7) is 15.9. The minimum absolute atomic E-state index is 0.0372. The van der Waals surface area contributed by atoms with Crippen molar-refractivity contribution in [2.24, 2.45) is 56.7 Å². The Bertz CT molecular complexity index is 927. The van der Waals surface area contributed by atoms with Crippen LogP contribution in [0.1, 0.15) is 99.8 Å². The van der Waals surface area contributed by atoms with Gasteiger partial charge in [-0.25, -0.2) is 0 Å². The number of rotatable bonds is 2. The van der Waals surface area contributed by atoms with E-state index in [0.29, 0.717) is 35.9 Å². The lowest BCUT2D eigenvalue weighted by Gasteiger charge is -2.72. The Labute approximate surface area is 213 Å². The minimum atomic E-state index is -0.879. The van der Waals surface area contributed by atoms with Crippen LogP contribution in [0, 0.1) is 56.7 Å². The van der Waals surface area contributed by atoms with Crippen LogP contribution in [0.4, 0.5) is 0 Å². The summed E-state index contributed by atoms with van der Waals surface area (Å²) in [5.74, 6) is 2.45. The number of aliphatic hydroxyl groups excluding tert-OH is 3. The lowest BCUT2D eigenvalue weighted by atomic mass is 9.33. The molecule has 0 aromatic rings. The van der Waals surface area contributed by atoms with Gasteiger partial charge in [0, 0.05) is 10.8 Å². The zero-order valence-electron chi connectivity index (χ0n) is 23.2. The summed E-state index contributed by atoms with van der Waals surface area (Å²) >= 11 is 0. The van der Waals surface area contributed by atoms with E-state index in [2.05, 4.69) is 40.7 Å². The molecule has 0 aliphatic heterocycles. The van der Waals surface area contributed by atoms with Crippen molar-refractivity contribution in [3.8, 4) is 0 Å². The quantitative estimate of drug-likeness (QED) is 0.448. The van der Waals surface area contributed by atoms with Gasteiger partial charge >= 0.3 is 0 Å². The van der Waals surface area contributed by atoms with E-state index in [1.54, 1.807) is 5.57 Å². The van der Waals surface area contributed by atoms with E-state index < -0.39 is 17.6 Å². The van der Waals surface area contributed by atoms with Gasteiger partial charge in [-0.3, -0.25) is 4.79 Å². The molecule has 0 bridgehead atoms. The van der Waals surface area contributed by atoms with Crippen molar-refractivity contribution in [3.05, 3.63) is 11.6 Å². The Hall–Kier alpha value is -0.710. The first-order valence-electron chi connectivity index (χ1n) is 14.4. The summed E-state index contributed by atoms with van der Waals surface area (Å²) in [7, 11) is 0. The average Bonchev–Trinajstić information content (AvgIpc) is 2.80. The summed E-state index contributed by atoms with van der Waals surface area (Å²) < 4.78 is 0. The Morgan fingerprint density at radius 1 is 1.00 bits per heavy atom. The first kappa shape index (κ1) is 25.9. The van der Waals surface area contributed by atoms with Crippen LogP contribution in [0.3, 0.4) is 0 Å². The van der Waals surface area contributed by atoms with Gasteiger partial charge in [-0.2, -0.15) is 0 Å². The van der Waals surface area contributed by atoms with Gasteiger partial charge < -0.3 is 15.3 Å². The molecule has 0 aromatic carbocycles. The highest BCUT2D eigenvalue weighted by atomic mass is 16.3. The Kier molecular flexibility index (Phi) is 5.85. The molecule has 4 fully saturated rings. The van der Waals surface area contributed by atoms with Gasteiger partial charge in [0.25, 0.3) is 0 Å². The molecule has 5 aliphatic carbocycles. The molecule has 0 heterocycles. The van der Waals surface area contributed by atoms with Gasteiger partial charge in [-0.15, -0.1) is 0 Å². The second kappa shape index (κ2) is 7.90. The van der Waals surface area contributed by atoms with Crippen LogP contribution in [0.15, 0.2) is 11.6 Å². The van der Waals surface area contributed by atoms with E-state index in [9.17, 15) is 20.1 Å². The van der Waals surface area contributed by atoms with E-state index in [-0.39, 0.29) is 34.2 Å². The molecule has 0 amide bonds. The van der Waals surface area contributed by atoms with Crippen LogP contribution in [0.5, 0.6) is 0 Å². The zero-order valence-corrected chi connectivity index (χ0v) is 23.2. The van der Waals surface area contributed by atoms with Gasteiger partial charge in [0.2, 0.25) is 0 Å². The lowest BCUT2D eigenvalue weighted by Crippen LogP contribution is -2.68. The normalized spacial score (nSPS) is 57.8. The average molecular weight is 487 g/mol. The number of hydrogen-bond donors (Lipinski definition) is 3. The third-order valence-corrected chi connectivity index (χ3v) is 13.8. The minimum Gasteiger partial charge on any atom is -0.396 e. The molecular weight excluding hydrogens is 436 g/mol. The molecule has 5 rings (SSSR count). The van der Waals surface area contributed by atoms with E-state index in [0.717, 1.165) is 44.9 Å². The number of Topliss-reactive ketones (excluding diaryl/α,β-unsaturated/α-hetero) is 1. The number of fused-ring (bicyclic) bond motifs is 7. The molecule has 198 valence electrons. The maximum atomic E-state index is 13.3. The lowest BCUT2D eigenvalue weighted by molar-refractivity contribution is -0.243. The first-order valence-corrected chi connectivity index (χ1v) is 14.4. The van der Waals surface area contributed by atoms with Gasteiger partial charge in [0.15, 0.2) is 0 Å². The molecule has 1 unspecified atom stereocenters. The monoisotopic (exact) mass is 486 g/mol. The largest absolute Gasteiger partial charge is 0.396 e. The van der Waals surface area contributed by atoms with Gasteiger partial charge in [0.05, 0.1) is 18.8 Å². The maximum absolute atomic E-state index is 13.3. The summed E-state index contributed by atoms with van der Waals surface area (Å²) in [6, 6.07) is 0. The van der Waals surface area contributed by atoms with E-state index >= 15 is 0 Å². The summed E-state index contributed by atoms with van der Waals surface area (Å²) in [4.78, 5) is 13.3. The van der Waals surface area contributed by atoms with Crippen LogP contribution < -0.4 is 0 Å². The number of aliphatic hydroxyl groups is 3. The molecule has 0 spiro atoms. The van der Waals surface area contributed by atoms with Crippen molar-refractivity contribution in [1.82, 2.24) is 0 Å². The molecule has 4 nitrogen and oxygen atoms in total. The van der Waals surface area contributed by atoms with Crippen molar-refractivity contribution in [3.63, 3.8) is 0 Å². The van der Waals surface area contributed by atoms with Crippen LogP contribution in [0.2, 0.25) is 0 Å². The fourth-order valence-electron chi connectivity index (χ4n) is 11.2.